The van der Waals surface area contributed by atoms with Crippen LogP contribution in [0, 0.1) is 12.3 Å². The van der Waals surface area contributed by atoms with Crippen molar-refractivity contribution in [3.05, 3.63) is 59.4 Å². The van der Waals surface area contributed by atoms with Gasteiger partial charge in [-0.2, -0.15) is 0 Å². The van der Waals surface area contributed by atoms with E-state index >= 15 is 0 Å². The Hall–Kier alpha value is -3.43. The number of rotatable bonds is 4. The summed E-state index contributed by atoms with van der Waals surface area (Å²) >= 11 is 1.56. The van der Waals surface area contributed by atoms with Gasteiger partial charge in [0.2, 0.25) is 0 Å². The third-order valence-corrected chi connectivity index (χ3v) is 7.78. The Kier molecular flexibility index (Phi) is 5.23. The molecule has 34 heavy (non-hydrogen) atoms. The van der Waals surface area contributed by atoms with E-state index in [0.717, 1.165) is 71.2 Å². The maximum Gasteiger partial charge on any atom is 0.257 e. The highest BCUT2D eigenvalue weighted by Crippen LogP contribution is 2.36. The van der Waals surface area contributed by atoms with Crippen molar-refractivity contribution < 1.29 is 4.79 Å². The van der Waals surface area contributed by atoms with Crippen LogP contribution in [0.25, 0.3) is 21.3 Å². The molecule has 1 aromatic carbocycles. The van der Waals surface area contributed by atoms with Crippen LogP contribution in [0.1, 0.15) is 28.2 Å². The molecule has 2 saturated heterocycles. The van der Waals surface area contributed by atoms with E-state index in [1.807, 2.05) is 31.2 Å². The number of carbonyl (C=O) groups is 1. The molecule has 0 saturated carbocycles. The van der Waals surface area contributed by atoms with Crippen molar-refractivity contribution >= 4 is 39.7 Å². The number of fused-ring (bicyclic) bond motifs is 1. The van der Waals surface area contributed by atoms with Crippen LogP contribution in [0.2, 0.25) is 0 Å². The van der Waals surface area contributed by atoms with Crippen molar-refractivity contribution in [3.8, 4) is 10.6 Å². The predicted octanol–water partition coefficient (Wildman–Crippen LogP) is 3.90. The average Bonchev–Trinajstić information content (AvgIpc) is 3.29. The Morgan fingerprint density at radius 1 is 1.06 bits per heavy atom. The van der Waals surface area contributed by atoms with Gasteiger partial charge >= 0.3 is 0 Å². The first-order valence-corrected chi connectivity index (χ1v) is 12.3. The quantitative estimate of drug-likeness (QED) is 0.466. The molecule has 3 aromatic heterocycles. The van der Waals surface area contributed by atoms with Crippen molar-refractivity contribution in [2.75, 3.05) is 36.4 Å². The first kappa shape index (κ1) is 21.1. The molecule has 1 spiro atoms. The fraction of sp³-hybridized carbons (Fsp3) is 0.320. The van der Waals surface area contributed by atoms with Gasteiger partial charge in [0.15, 0.2) is 0 Å². The van der Waals surface area contributed by atoms with Gasteiger partial charge in [0, 0.05) is 55.1 Å². The van der Waals surface area contributed by atoms with E-state index in [0.29, 0.717) is 16.8 Å². The third kappa shape index (κ3) is 4.01. The van der Waals surface area contributed by atoms with Gasteiger partial charge in [-0.15, -0.1) is 10.2 Å². The second kappa shape index (κ2) is 8.41. The second-order valence-corrected chi connectivity index (χ2v) is 10.4. The molecule has 6 rings (SSSR count). The Balaban J connectivity index is 1.19. The minimum absolute atomic E-state index is 0.192. The maximum atomic E-state index is 13.0. The molecule has 0 unspecified atom stereocenters. The van der Waals surface area contributed by atoms with Crippen LogP contribution < -0.4 is 15.5 Å². The van der Waals surface area contributed by atoms with Crippen LogP contribution in [-0.2, 0) is 0 Å². The molecule has 5 heterocycles. The van der Waals surface area contributed by atoms with Crippen molar-refractivity contribution in [2.24, 2.45) is 5.41 Å². The SMILES string of the molecule is Cc1nnc(-c2ccc3cnc(NC(=O)c4ccnc(N5CCC6(CC5)CNC6)c4)cc3c2)s1. The van der Waals surface area contributed by atoms with Crippen LogP contribution in [0.15, 0.2) is 48.8 Å². The molecular weight excluding hydrogens is 446 g/mol. The lowest BCUT2D eigenvalue weighted by atomic mass is 9.73. The predicted molar refractivity (Wildman–Crippen MR) is 134 cm³/mol. The molecule has 0 aliphatic carbocycles. The molecule has 0 atom stereocenters. The lowest BCUT2D eigenvalue weighted by molar-refractivity contribution is 0.102. The van der Waals surface area contributed by atoms with Crippen LogP contribution in [0.5, 0.6) is 0 Å². The number of amides is 1. The Morgan fingerprint density at radius 3 is 2.65 bits per heavy atom. The summed E-state index contributed by atoms with van der Waals surface area (Å²) in [4.78, 5) is 24.3. The number of pyridine rings is 2. The molecule has 1 amide bonds. The van der Waals surface area contributed by atoms with E-state index in [2.05, 4.69) is 41.8 Å². The molecule has 172 valence electrons. The zero-order valence-corrected chi connectivity index (χ0v) is 19.7. The molecule has 8 nitrogen and oxygen atoms in total. The average molecular weight is 472 g/mol. The van der Waals surface area contributed by atoms with Crippen LogP contribution in [0.3, 0.4) is 0 Å². The lowest BCUT2D eigenvalue weighted by Gasteiger charge is -2.48. The molecule has 2 N–H and O–H groups in total. The van der Waals surface area contributed by atoms with Gasteiger partial charge in [0.1, 0.15) is 21.7 Å². The maximum absolute atomic E-state index is 13.0. The number of hydrogen-bond acceptors (Lipinski definition) is 8. The van der Waals surface area contributed by atoms with Crippen molar-refractivity contribution in [3.63, 3.8) is 0 Å². The Labute approximate surface area is 201 Å². The monoisotopic (exact) mass is 471 g/mol. The fourth-order valence-electron chi connectivity index (χ4n) is 4.72. The highest BCUT2D eigenvalue weighted by Gasteiger charge is 2.39. The topological polar surface area (TPSA) is 95.9 Å². The van der Waals surface area contributed by atoms with E-state index in [1.54, 1.807) is 29.8 Å². The summed E-state index contributed by atoms with van der Waals surface area (Å²) in [6, 6.07) is 11.6. The number of aromatic nitrogens is 4. The summed E-state index contributed by atoms with van der Waals surface area (Å²) < 4.78 is 0. The smallest absolute Gasteiger partial charge is 0.257 e. The summed E-state index contributed by atoms with van der Waals surface area (Å²) in [7, 11) is 0. The van der Waals surface area contributed by atoms with Gasteiger partial charge in [0.05, 0.1) is 0 Å². The second-order valence-electron chi connectivity index (χ2n) is 9.21. The van der Waals surface area contributed by atoms with E-state index < -0.39 is 0 Å². The van der Waals surface area contributed by atoms with Gasteiger partial charge in [0.25, 0.3) is 5.91 Å². The lowest BCUT2D eigenvalue weighted by Crippen LogP contribution is -2.58. The molecule has 4 aromatic rings. The molecule has 0 radical (unpaired) electrons. The first-order valence-electron chi connectivity index (χ1n) is 11.5. The van der Waals surface area contributed by atoms with Crippen LogP contribution >= 0.6 is 11.3 Å². The summed E-state index contributed by atoms with van der Waals surface area (Å²) in [5.41, 5.74) is 2.05. The van der Waals surface area contributed by atoms with E-state index in [1.165, 1.54) is 0 Å². The van der Waals surface area contributed by atoms with Gasteiger partial charge in [-0.05, 0) is 54.8 Å². The zero-order chi connectivity index (χ0) is 23.1. The molecule has 2 aliphatic heterocycles. The molecule has 9 heteroatoms. The van der Waals surface area contributed by atoms with Crippen molar-refractivity contribution in [1.82, 2.24) is 25.5 Å². The Morgan fingerprint density at radius 2 is 1.91 bits per heavy atom. The first-order chi connectivity index (χ1) is 16.6. The van der Waals surface area contributed by atoms with E-state index in [9.17, 15) is 4.79 Å². The van der Waals surface area contributed by atoms with Crippen molar-refractivity contribution in [1.29, 1.82) is 0 Å². The van der Waals surface area contributed by atoms with Gasteiger partial charge in [-0.1, -0.05) is 23.5 Å². The standard InChI is InChI=1S/C25H25N7OS/c1-16-30-31-24(34-16)18-2-3-19-13-28-21(11-20(19)10-18)29-23(33)17-4-7-27-22(12-17)32-8-5-25(6-9-32)14-26-15-25/h2-4,7,10-13,26H,5-6,8-9,14-15H2,1H3,(H,28,29,33). The minimum Gasteiger partial charge on any atom is -0.357 e. The fourth-order valence-corrected chi connectivity index (χ4v) is 5.41. The van der Waals surface area contributed by atoms with Crippen LogP contribution in [-0.4, -0.2) is 52.3 Å². The van der Waals surface area contributed by atoms with Crippen LogP contribution in [0.4, 0.5) is 11.6 Å². The van der Waals surface area contributed by atoms with Gasteiger partial charge in [-0.25, -0.2) is 9.97 Å². The number of nitrogens with zero attached hydrogens (tertiary/aromatic N) is 5. The molecule has 0 bridgehead atoms. The largest absolute Gasteiger partial charge is 0.357 e. The normalized spacial score (nSPS) is 17.0. The summed E-state index contributed by atoms with van der Waals surface area (Å²) in [5.74, 6) is 1.18. The van der Waals surface area contributed by atoms with Gasteiger partial charge < -0.3 is 15.5 Å². The Bertz CT molecular complexity index is 1370. The number of piperidine rings is 1. The van der Waals surface area contributed by atoms with E-state index in [-0.39, 0.29) is 5.91 Å². The minimum atomic E-state index is -0.192. The zero-order valence-electron chi connectivity index (χ0n) is 18.9. The van der Waals surface area contributed by atoms with Gasteiger partial charge in [-0.3, -0.25) is 4.79 Å². The van der Waals surface area contributed by atoms with E-state index in [4.69, 9.17) is 0 Å². The summed E-state index contributed by atoms with van der Waals surface area (Å²) in [6.45, 7) is 6.14. The number of benzene rings is 1. The third-order valence-electron chi connectivity index (χ3n) is 6.89. The number of anilines is 2. The molecule has 2 aliphatic rings. The highest BCUT2D eigenvalue weighted by molar-refractivity contribution is 7.14. The number of carbonyl (C=O) groups excluding carboxylic acids is 1. The number of aryl methyl sites for hydroxylation is 1. The number of hydrogen-bond donors (Lipinski definition) is 2. The molecular formula is C25H25N7OS. The highest BCUT2D eigenvalue weighted by atomic mass is 32.1. The van der Waals surface area contributed by atoms with Crippen molar-refractivity contribution in [2.45, 2.75) is 19.8 Å². The molecule has 2 fully saturated rings. The summed E-state index contributed by atoms with van der Waals surface area (Å²) in [6.07, 6.45) is 5.82. The number of nitrogens with one attached hydrogen (secondary N) is 2. The summed E-state index contributed by atoms with van der Waals surface area (Å²) in [5, 5.41) is 18.5.